The first kappa shape index (κ1) is 14.8. The van der Waals surface area contributed by atoms with E-state index < -0.39 is 0 Å². The molecular formula is C16H20N4O2. The third-order valence-corrected chi connectivity index (χ3v) is 4.35. The molecule has 3 heterocycles. The van der Waals surface area contributed by atoms with Crippen molar-refractivity contribution >= 4 is 11.6 Å². The van der Waals surface area contributed by atoms with E-state index in [1.54, 1.807) is 12.3 Å². The zero-order chi connectivity index (χ0) is 15.4. The molecule has 1 amide bonds. The topological polar surface area (TPSA) is 78.2 Å². The number of nitriles is 1. The third kappa shape index (κ3) is 3.37. The maximum Gasteiger partial charge on any atom is 0.225 e. The van der Waals surface area contributed by atoms with Gasteiger partial charge >= 0.3 is 0 Å². The summed E-state index contributed by atoms with van der Waals surface area (Å²) in [7, 11) is 0. The summed E-state index contributed by atoms with van der Waals surface area (Å²) in [6, 6.07) is 5.88. The van der Waals surface area contributed by atoms with Crippen LogP contribution in [0, 0.1) is 17.2 Å². The molecule has 22 heavy (non-hydrogen) atoms. The van der Waals surface area contributed by atoms with Crippen molar-refractivity contribution < 1.29 is 9.53 Å². The zero-order valence-corrected chi connectivity index (χ0v) is 12.5. The molecule has 1 aromatic heterocycles. The Bertz CT molecular complexity index is 561. The van der Waals surface area contributed by atoms with Crippen molar-refractivity contribution in [3.8, 4) is 6.07 Å². The Morgan fingerprint density at radius 2 is 2.18 bits per heavy atom. The van der Waals surface area contributed by atoms with Gasteiger partial charge in [0, 0.05) is 32.3 Å². The molecule has 1 atom stereocenters. The van der Waals surface area contributed by atoms with Gasteiger partial charge in [0.1, 0.15) is 11.8 Å². The summed E-state index contributed by atoms with van der Waals surface area (Å²) in [6.45, 7) is 3.03. The largest absolute Gasteiger partial charge is 0.381 e. The van der Waals surface area contributed by atoms with Gasteiger partial charge in [-0.15, -0.1) is 0 Å². The Balaban J connectivity index is 1.54. The highest BCUT2D eigenvalue weighted by atomic mass is 16.5. The van der Waals surface area contributed by atoms with Gasteiger partial charge in [0.25, 0.3) is 0 Å². The fourth-order valence-electron chi connectivity index (χ4n) is 3.01. The number of hydrogen-bond acceptors (Lipinski definition) is 5. The molecule has 0 radical (unpaired) electrons. The Labute approximate surface area is 130 Å². The van der Waals surface area contributed by atoms with Crippen LogP contribution in [0.3, 0.4) is 0 Å². The van der Waals surface area contributed by atoms with E-state index in [1.165, 1.54) is 0 Å². The number of amides is 1. The van der Waals surface area contributed by atoms with E-state index in [9.17, 15) is 4.79 Å². The molecular weight excluding hydrogens is 280 g/mol. The second-order valence-corrected chi connectivity index (χ2v) is 5.84. The number of nitrogens with zero attached hydrogens (tertiary/aromatic N) is 3. The quantitative estimate of drug-likeness (QED) is 0.903. The number of carbonyl (C=O) groups excluding carboxylic acids is 1. The van der Waals surface area contributed by atoms with Gasteiger partial charge < -0.3 is 15.0 Å². The van der Waals surface area contributed by atoms with E-state index in [1.807, 2.05) is 12.1 Å². The van der Waals surface area contributed by atoms with E-state index in [0.717, 1.165) is 44.7 Å². The van der Waals surface area contributed by atoms with Crippen LogP contribution >= 0.6 is 0 Å². The highest BCUT2D eigenvalue weighted by Crippen LogP contribution is 2.23. The minimum absolute atomic E-state index is 0.0264. The summed E-state index contributed by atoms with van der Waals surface area (Å²) in [6.07, 6.45) is 4.37. The van der Waals surface area contributed by atoms with Crippen molar-refractivity contribution in [2.75, 3.05) is 31.2 Å². The van der Waals surface area contributed by atoms with Gasteiger partial charge in [0.05, 0.1) is 17.8 Å². The molecule has 0 aromatic carbocycles. The first-order chi connectivity index (χ1) is 10.8. The minimum atomic E-state index is 0.0264. The Morgan fingerprint density at radius 3 is 2.86 bits per heavy atom. The molecule has 1 N–H and O–H groups in total. The second kappa shape index (κ2) is 6.75. The molecule has 0 spiro atoms. The molecule has 2 aliphatic heterocycles. The number of hydrogen-bond donors (Lipinski definition) is 1. The molecule has 3 rings (SSSR count). The highest BCUT2D eigenvalue weighted by molar-refractivity contribution is 5.80. The number of carbonyl (C=O) groups is 1. The van der Waals surface area contributed by atoms with E-state index in [-0.39, 0.29) is 17.9 Å². The average Bonchev–Trinajstić information content (AvgIpc) is 3.06. The molecule has 6 heteroatoms. The van der Waals surface area contributed by atoms with Crippen LogP contribution in [0.1, 0.15) is 25.0 Å². The highest BCUT2D eigenvalue weighted by Gasteiger charge is 2.30. The van der Waals surface area contributed by atoms with Crippen LogP contribution in [0.2, 0.25) is 0 Å². The van der Waals surface area contributed by atoms with Gasteiger partial charge in [-0.25, -0.2) is 4.98 Å². The predicted molar refractivity (Wildman–Crippen MR) is 81.3 cm³/mol. The summed E-state index contributed by atoms with van der Waals surface area (Å²) in [5, 5.41) is 11.9. The Morgan fingerprint density at radius 1 is 1.36 bits per heavy atom. The van der Waals surface area contributed by atoms with Crippen LogP contribution < -0.4 is 10.2 Å². The zero-order valence-electron chi connectivity index (χ0n) is 12.5. The molecule has 116 valence electrons. The van der Waals surface area contributed by atoms with Gasteiger partial charge in [-0.3, -0.25) is 4.79 Å². The van der Waals surface area contributed by atoms with Gasteiger partial charge in [-0.1, -0.05) is 0 Å². The second-order valence-electron chi connectivity index (χ2n) is 5.84. The van der Waals surface area contributed by atoms with Crippen molar-refractivity contribution in [1.82, 2.24) is 10.3 Å². The predicted octanol–water partition coefficient (Wildman–Crippen LogP) is 1.07. The van der Waals surface area contributed by atoms with Gasteiger partial charge in [0.2, 0.25) is 5.91 Å². The first-order valence-corrected chi connectivity index (χ1v) is 7.75. The van der Waals surface area contributed by atoms with Crippen LogP contribution in [-0.2, 0) is 9.53 Å². The number of anilines is 1. The average molecular weight is 300 g/mol. The third-order valence-electron chi connectivity index (χ3n) is 4.35. The monoisotopic (exact) mass is 300 g/mol. The smallest absolute Gasteiger partial charge is 0.225 e. The van der Waals surface area contributed by atoms with E-state index in [0.29, 0.717) is 12.2 Å². The molecule has 1 aromatic rings. The fraction of sp³-hybridized carbons (Fsp3) is 0.562. The minimum Gasteiger partial charge on any atom is -0.381 e. The van der Waals surface area contributed by atoms with Crippen molar-refractivity contribution in [3.63, 3.8) is 0 Å². The SMILES string of the molecule is N#Cc1ccc(N2CCC(C(=O)NC3CCOCC3)C2)cn1. The lowest BCUT2D eigenvalue weighted by Crippen LogP contribution is -2.42. The van der Waals surface area contributed by atoms with E-state index in [2.05, 4.69) is 15.2 Å². The van der Waals surface area contributed by atoms with Crippen LogP contribution in [0.4, 0.5) is 5.69 Å². The van der Waals surface area contributed by atoms with E-state index in [4.69, 9.17) is 10.00 Å². The van der Waals surface area contributed by atoms with Gasteiger partial charge in [-0.2, -0.15) is 5.26 Å². The maximum absolute atomic E-state index is 12.4. The summed E-state index contributed by atoms with van der Waals surface area (Å²) in [5.41, 5.74) is 1.39. The molecule has 0 bridgehead atoms. The number of nitrogens with one attached hydrogen (secondary N) is 1. The number of aromatic nitrogens is 1. The number of pyridine rings is 1. The maximum atomic E-state index is 12.4. The van der Waals surface area contributed by atoms with Crippen LogP contribution in [0.25, 0.3) is 0 Å². The summed E-state index contributed by atoms with van der Waals surface area (Å²) in [5.74, 6) is 0.175. The molecule has 0 aliphatic carbocycles. The number of ether oxygens (including phenoxy) is 1. The molecule has 2 aliphatic rings. The van der Waals surface area contributed by atoms with Crippen LogP contribution in [0.5, 0.6) is 0 Å². The van der Waals surface area contributed by atoms with Gasteiger partial charge in [-0.05, 0) is 31.4 Å². The molecule has 0 saturated carbocycles. The summed E-state index contributed by atoms with van der Waals surface area (Å²) >= 11 is 0. The molecule has 2 fully saturated rings. The fourth-order valence-corrected chi connectivity index (χ4v) is 3.01. The van der Waals surface area contributed by atoms with Crippen LogP contribution in [0.15, 0.2) is 18.3 Å². The van der Waals surface area contributed by atoms with Crippen molar-refractivity contribution in [1.29, 1.82) is 5.26 Å². The Hall–Kier alpha value is -2.13. The lowest BCUT2D eigenvalue weighted by Gasteiger charge is -2.24. The lowest BCUT2D eigenvalue weighted by atomic mass is 10.1. The molecule has 2 saturated heterocycles. The summed E-state index contributed by atoms with van der Waals surface area (Å²) in [4.78, 5) is 18.6. The standard InChI is InChI=1S/C16H20N4O2/c17-9-14-1-2-15(10-18-14)20-6-3-12(11-20)16(21)19-13-4-7-22-8-5-13/h1-2,10,12-13H,3-8,11H2,(H,19,21). The van der Waals surface area contributed by atoms with E-state index >= 15 is 0 Å². The first-order valence-electron chi connectivity index (χ1n) is 7.75. The van der Waals surface area contributed by atoms with Gasteiger partial charge in [0.15, 0.2) is 0 Å². The molecule has 6 nitrogen and oxygen atoms in total. The summed E-state index contributed by atoms with van der Waals surface area (Å²) < 4.78 is 5.31. The van der Waals surface area contributed by atoms with Crippen LogP contribution in [-0.4, -0.2) is 43.2 Å². The number of rotatable bonds is 3. The lowest BCUT2D eigenvalue weighted by molar-refractivity contribution is -0.125. The molecule has 1 unspecified atom stereocenters. The normalized spacial score (nSPS) is 22.3. The van der Waals surface area contributed by atoms with Crippen molar-refractivity contribution in [2.45, 2.75) is 25.3 Å². The van der Waals surface area contributed by atoms with Crippen molar-refractivity contribution in [3.05, 3.63) is 24.0 Å². The Kier molecular flexibility index (Phi) is 4.54. The van der Waals surface area contributed by atoms with Crippen molar-refractivity contribution in [2.24, 2.45) is 5.92 Å².